The fourth-order valence-corrected chi connectivity index (χ4v) is 4.93. The van der Waals surface area contributed by atoms with E-state index >= 15 is 0 Å². The van der Waals surface area contributed by atoms with Crippen molar-refractivity contribution >= 4 is 54.8 Å². The summed E-state index contributed by atoms with van der Waals surface area (Å²) in [6, 6.07) is 17.1. The van der Waals surface area contributed by atoms with E-state index in [0.29, 0.717) is 20.9 Å². The highest BCUT2D eigenvalue weighted by Crippen LogP contribution is 2.29. The van der Waals surface area contributed by atoms with Crippen molar-refractivity contribution in [2.24, 2.45) is 0 Å². The second-order valence-corrected chi connectivity index (χ2v) is 10.4. The number of sulfonamides is 1. The topological polar surface area (TPSA) is 66.5 Å². The van der Waals surface area contributed by atoms with Gasteiger partial charge in [0.1, 0.15) is 6.54 Å². The van der Waals surface area contributed by atoms with E-state index in [1.165, 1.54) is 0 Å². The van der Waals surface area contributed by atoms with Gasteiger partial charge in [-0.1, -0.05) is 41.4 Å². The van der Waals surface area contributed by atoms with Crippen molar-refractivity contribution in [1.82, 2.24) is 0 Å². The van der Waals surface area contributed by atoms with Crippen molar-refractivity contribution in [2.45, 2.75) is 25.7 Å². The number of amides is 1. The van der Waals surface area contributed by atoms with Crippen LogP contribution in [0.3, 0.4) is 0 Å². The molecule has 162 valence electrons. The minimum atomic E-state index is -3.97. The lowest BCUT2D eigenvalue weighted by atomic mass is 10.1. The SMILES string of the molecule is Cc1ccc(S(=O)(=O)N(CC(=O)Nc2ccc(Br)c(Cl)c2)c2cc(C)ccc2C)cc1. The van der Waals surface area contributed by atoms with Gasteiger partial charge < -0.3 is 5.32 Å². The molecule has 0 bridgehead atoms. The maximum Gasteiger partial charge on any atom is 0.264 e. The molecule has 0 aliphatic rings. The van der Waals surface area contributed by atoms with E-state index < -0.39 is 15.9 Å². The first-order chi connectivity index (χ1) is 14.6. The number of carbonyl (C=O) groups excluding carboxylic acids is 1. The number of anilines is 2. The maximum absolute atomic E-state index is 13.5. The van der Waals surface area contributed by atoms with Crippen LogP contribution < -0.4 is 9.62 Å². The molecule has 3 aromatic carbocycles. The van der Waals surface area contributed by atoms with Gasteiger partial charge in [0.15, 0.2) is 0 Å². The number of nitrogens with zero attached hydrogens (tertiary/aromatic N) is 1. The Bertz CT molecular complexity index is 1230. The lowest BCUT2D eigenvalue weighted by Crippen LogP contribution is -2.38. The minimum Gasteiger partial charge on any atom is -0.324 e. The van der Waals surface area contributed by atoms with Crippen LogP contribution in [0.15, 0.2) is 70.0 Å². The second-order valence-electron chi connectivity index (χ2n) is 7.29. The van der Waals surface area contributed by atoms with Gasteiger partial charge in [-0.2, -0.15) is 0 Å². The van der Waals surface area contributed by atoms with Crippen molar-refractivity contribution in [3.05, 3.63) is 86.8 Å². The predicted octanol–water partition coefficient (Wildman–Crippen LogP) is 5.86. The molecule has 0 unspecified atom stereocenters. The van der Waals surface area contributed by atoms with Gasteiger partial charge in [0.25, 0.3) is 10.0 Å². The van der Waals surface area contributed by atoms with E-state index in [1.807, 2.05) is 32.9 Å². The highest BCUT2D eigenvalue weighted by Gasteiger charge is 2.28. The molecule has 1 N–H and O–H groups in total. The van der Waals surface area contributed by atoms with Crippen molar-refractivity contribution in [2.75, 3.05) is 16.2 Å². The van der Waals surface area contributed by atoms with E-state index in [4.69, 9.17) is 11.6 Å². The van der Waals surface area contributed by atoms with E-state index in [1.54, 1.807) is 48.5 Å². The lowest BCUT2D eigenvalue weighted by Gasteiger charge is -2.26. The molecule has 5 nitrogen and oxygen atoms in total. The van der Waals surface area contributed by atoms with Crippen molar-refractivity contribution < 1.29 is 13.2 Å². The van der Waals surface area contributed by atoms with Gasteiger partial charge in [0.05, 0.1) is 15.6 Å². The highest BCUT2D eigenvalue weighted by atomic mass is 79.9. The summed E-state index contributed by atoms with van der Waals surface area (Å²) in [6.07, 6.45) is 0. The number of benzene rings is 3. The summed E-state index contributed by atoms with van der Waals surface area (Å²) in [4.78, 5) is 13.0. The van der Waals surface area contributed by atoms with Gasteiger partial charge >= 0.3 is 0 Å². The molecular formula is C23H22BrClN2O3S. The fourth-order valence-electron chi connectivity index (χ4n) is 3.03. The van der Waals surface area contributed by atoms with Crippen molar-refractivity contribution in [3.63, 3.8) is 0 Å². The number of hydrogen-bond donors (Lipinski definition) is 1. The molecule has 0 spiro atoms. The zero-order valence-electron chi connectivity index (χ0n) is 17.3. The number of halogens is 2. The zero-order valence-corrected chi connectivity index (χ0v) is 20.5. The van der Waals surface area contributed by atoms with E-state index in [2.05, 4.69) is 21.2 Å². The Balaban J connectivity index is 1.99. The van der Waals surface area contributed by atoms with Gasteiger partial charge in [-0.05, 0) is 84.2 Å². The summed E-state index contributed by atoms with van der Waals surface area (Å²) in [7, 11) is -3.97. The van der Waals surface area contributed by atoms with E-state index in [-0.39, 0.29) is 11.4 Å². The molecule has 8 heteroatoms. The molecule has 31 heavy (non-hydrogen) atoms. The van der Waals surface area contributed by atoms with Crippen LogP contribution in [0.4, 0.5) is 11.4 Å². The number of hydrogen-bond acceptors (Lipinski definition) is 3. The average molecular weight is 522 g/mol. The number of carbonyl (C=O) groups is 1. The summed E-state index contributed by atoms with van der Waals surface area (Å²) in [5.74, 6) is -0.477. The first-order valence-electron chi connectivity index (χ1n) is 9.49. The second kappa shape index (κ2) is 9.42. The van der Waals surface area contributed by atoms with Crippen LogP contribution in [0.25, 0.3) is 0 Å². The Kier molecular flexibility index (Phi) is 7.09. The summed E-state index contributed by atoms with van der Waals surface area (Å²) in [5, 5.41) is 3.17. The highest BCUT2D eigenvalue weighted by molar-refractivity contribution is 9.10. The van der Waals surface area contributed by atoms with Crippen molar-refractivity contribution in [1.29, 1.82) is 0 Å². The molecule has 0 heterocycles. The molecule has 0 atom stereocenters. The van der Waals surface area contributed by atoms with Crippen LogP contribution in [-0.4, -0.2) is 20.9 Å². The number of aryl methyl sites for hydroxylation is 3. The Labute approximate surface area is 196 Å². The van der Waals surface area contributed by atoms with Gasteiger partial charge in [0, 0.05) is 10.2 Å². The fraction of sp³-hybridized carbons (Fsp3) is 0.174. The first kappa shape index (κ1) is 23.3. The molecule has 0 fully saturated rings. The Hall–Kier alpha value is -2.35. The summed E-state index contributed by atoms with van der Waals surface area (Å²) < 4.78 is 28.9. The molecule has 0 radical (unpaired) electrons. The summed E-state index contributed by atoms with van der Waals surface area (Å²) in [6.45, 7) is 5.20. The Morgan fingerprint density at radius 1 is 0.968 bits per heavy atom. The normalized spacial score (nSPS) is 11.3. The third kappa shape index (κ3) is 5.47. The van der Waals surface area contributed by atoms with Crippen LogP contribution in [0.5, 0.6) is 0 Å². The molecule has 0 saturated carbocycles. The van der Waals surface area contributed by atoms with E-state index in [0.717, 1.165) is 21.0 Å². The van der Waals surface area contributed by atoms with Gasteiger partial charge in [0.2, 0.25) is 5.91 Å². The molecule has 0 aliphatic carbocycles. The third-order valence-electron chi connectivity index (χ3n) is 4.73. The van der Waals surface area contributed by atoms with Crippen molar-refractivity contribution in [3.8, 4) is 0 Å². The number of nitrogens with one attached hydrogen (secondary N) is 1. The number of rotatable bonds is 6. The molecule has 1 amide bonds. The van der Waals surface area contributed by atoms with Crippen LogP contribution in [0.1, 0.15) is 16.7 Å². The average Bonchev–Trinajstić information content (AvgIpc) is 2.71. The maximum atomic E-state index is 13.5. The lowest BCUT2D eigenvalue weighted by molar-refractivity contribution is -0.114. The monoisotopic (exact) mass is 520 g/mol. The largest absolute Gasteiger partial charge is 0.324 e. The molecule has 0 aromatic heterocycles. The predicted molar refractivity (Wildman–Crippen MR) is 129 cm³/mol. The summed E-state index contributed by atoms with van der Waals surface area (Å²) >= 11 is 9.40. The standard InChI is InChI=1S/C23H22BrClN2O3S/c1-15-5-9-19(10-6-15)31(29,30)27(22-12-16(2)4-7-17(22)3)14-23(28)26-18-8-11-20(24)21(25)13-18/h4-13H,14H2,1-3H3,(H,26,28). The van der Waals surface area contributed by atoms with Gasteiger partial charge in [-0.25, -0.2) is 8.42 Å². The van der Waals surface area contributed by atoms with Gasteiger partial charge in [-0.3, -0.25) is 9.10 Å². The van der Waals surface area contributed by atoms with Crippen LogP contribution in [-0.2, 0) is 14.8 Å². The Morgan fingerprint density at radius 2 is 1.61 bits per heavy atom. The Morgan fingerprint density at radius 3 is 2.26 bits per heavy atom. The minimum absolute atomic E-state index is 0.124. The zero-order chi connectivity index (χ0) is 22.8. The van der Waals surface area contributed by atoms with Gasteiger partial charge in [-0.15, -0.1) is 0 Å². The quantitative estimate of drug-likeness (QED) is 0.442. The third-order valence-corrected chi connectivity index (χ3v) is 7.74. The summed E-state index contributed by atoms with van der Waals surface area (Å²) in [5.41, 5.74) is 3.53. The van der Waals surface area contributed by atoms with E-state index in [9.17, 15) is 13.2 Å². The van der Waals surface area contributed by atoms with Crippen LogP contribution >= 0.6 is 27.5 Å². The smallest absolute Gasteiger partial charge is 0.264 e. The van der Waals surface area contributed by atoms with Crippen LogP contribution in [0, 0.1) is 20.8 Å². The molecule has 0 saturated heterocycles. The molecular weight excluding hydrogens is 500 g/mol. The molecule has 0 aliphatic heterocycles. The van der Waals surface area contributed by atoms with Crippen LogP contribution in [0.2, 0.25) is 5.02 Å². The molecule has 3 rings (SSSR count). The first-order valence-corrected chi connectivity index (χ1v) is 12.1. The molecule has 3 aromatic rings.